The summed E-state index contributed by atoms with van der Waals surface area (Å²) in [4.78, 5) is 0. The van der Waals surface area contributed by atoms with E-state index in [4.69, 9.17) is 5.11 Å². The monoisotopic (exact) mass is 90.0 g/mol. The molecule has 0 amide bonds. The van der Waals surface area contributed by atoms with Crippen molar-refractivity contribution in [2.24, 2.45) is 0 Å². The van der Waals surface area contributed by atoms with Crippen molar-refractivity contribution in [1.29, 1.82) is 0 Å². The Bertz CT molecular complexity index is 58.6. The minimum Gasteiger partial charge on any atom is -0.510 e. The lowest BCUT2D eigenvalue weighted by Gasteiger charge is -1.92. The molecule has 0 spiro atoms. The van der Waals surface area contributed by atoms with Crippen LogP contribution in [0.2, 0.25) is 0 Å². The largest absolute Gasteiger partial charge is 0.510 e. The lowest BCUT2D eigenvalue weighted by molar-refractivity contribution is 0.278. The number of aliphatic hydroxyl groups is 1. The van der Waals surface area contributed by atoms with Crippen LogP contribution in [0, 0.1) is 0 Å². The Balaban J connectivity index is 3.26. The summed E-state index contributed by atoms with van der Waals surface area (Å²) >= 11 is 0. The van der Waals surface area contributed by atoms with E-state index < -0.39 is 11.9 Å². The molecule has 0 aliphatic heterocycles. The van der Waals surface area contributed by atoms with Crippen LogP contribution in [0.4, 0.5) is 4.39 Å². The van der Waals surface area contributed by atoms with E-state index in [1.54, 1.807) is 0 Å². The fourth-order valence-electron chi connectivity index (χ4n) is 0. The third-order valence-electron chi connectivity index (χ3n) is 0.459. The van der Waals surface area contributed by atoms with E-state index in [2.05, 4.69) is 6.58 Å². The number of hydrogen-bond donors (Lipinski definition) is 1. The lowest BCUT2D eigenvalue weighted by Crippen LogP contribution is -1.93. The molecule has 0 radical (unpaired) electrons. The summed E-state index contributed by atoms with van der Waals surface area (Å²) in [5, 5.41) is 8.06. The summed E-state index contributed by atoms with van der Waals surface area (Å²) < 4.78 is 11.5. The molecule has 1 nitrogen and oxygen atoms in total. The maximum Gasteiger partial charge on any atom is 0.153 e. The second-order valence-electron chi connectivity index (χ2n) is 1.11. The number of rotatable bonds is 1. The highest BCUT2D eigenvalue weighted by atomic mass is 19.1. The fraction of sp³-hybridized carbons (Fsp3) is 0.500. The Morgan fingerprint density at radius 3 is 2.17 bits per heavy atom. The maximum absolute atomic E-state index is 11.5. The Morgan fingerprint density at radius 1 is 2.00 bits per heavy atom. The van der Waals surface area contributed by atoms with Crippen LogP contribution in [0.25, 0.3) is 0 Å². The Hall–Kier alpha value is -0.530. The molecule has 0 aromatic carbocycles. The van der Waals surface area contributed by atoms with Gasteiger partial charge in [-0.05, 0) is 6.92 Å². The molecular weight excluding hydrogens is 83.0 g/mol. The molecular formula is C4H7FO. The van der Waals surface area contributed by atoms with E-state index in [-0.39, 0.29) is 0 Å². The summed E-state index contributed by atoms with van der Waals surface area (Å²) in [6.45, 7) is 4.16. The predicted octanol–water partition coefficient (Wildman–Crippen LogP) is 1.42. The molecule has 36 valence electrons. The minimum atomic E-state index is -1.29. The molecule has 0 heterocycles. The third kappa shape index (κ3) is 1.76. The fourth-order valence-corrected chi connectivity index (χ4v) is 0. The van der Waals surface area contributed by atoms with Crippen molar-refractivity contribution in [3.63, 3.8) is 0 Å². The predicted molar refractivity (Wildman–Crippen MR) is 22.3 cm³/mol. The highest BCUT2D eigenvalue weighted by molar-refractivity contribution is 4.84. The maximum atomic E-state index is 11.5. The third-order valence-corrected chi connectivity index (χ3v) is 0.459. The average Bonchev–Trinajstić information content (AvgIpc) is 1.36. The highest BCUT2D eigenvalue weighted by Crippen LogP contribution is 1.95. The molecule has 0 saturated heterocycles. The van der Waals surface area contributed by atoms with Gasteiger partial charge in [-0.3, -0.25) is 0 Å². The average molecular weight is 90.1 g/mol. The first-order valence-corrected chi connectivity index (χ1v) is 1.66. The van der Waals surface area contributed by atoms with Gasteiger partial charge in [-0.2, -0.15) is 0 Å². The Morgan fingerprint density at radius 2 is 2.17 bits per heavy atom. The molecule has 0 aromatic rings. The normalized spacial score (nSPS) is 13.7. The van der Waals surface area contributed by atoms with E-state index in [0.717, 1.165) is 0 Å². The summed E-state index contributed by atoms with van der Waals surface area (Å²) in [7, 11) is 0. The van der Waals surface area contributed by atoms with Gasteiger partial charge < -0.3 is 5.11 Å². The van der Waals surface area contributed by atoms with Crippen molar-refractivity contribution in [2.45, 2.75) is 13.1 Å². The van der Waals surface area contributed by atoms with Gasteiger partial charge in [0.15, 0.2) is 6.17 Å². The molecule has 1 unspecified atom stereocenters. The zero-order valence-corrected chi connectivity index (χ0v) is 3.61. The molecule has 0 rings (SSSR count). The molecule has 0 saturated carbocycles. The molecule has 0 fully saturated rings. The van der Waals surface area contributed by atoms with Crippen molar-refractivity contribution in [3.05, 3.63) is 12.3 Å². The number of aliphatic hydroxyl groups excluding tert-OH is 1. The topological polar surface area (TPSA) is 20.2 Å². The van der Waals surface area contributed by atoms with E-state index in [1.165, 1.54) is 6.92 Å². The smallest absolute Gasteiger partial charge is 0.153 e. The van der Waals surface area contributed by atoms with Gasteiger partial charge in [-0.25, -0.2) is 4.39 Å². The van der Waals surface area contributed by atoms with Gasteiger partial charge in [0.2, 0.25) is 0 Å². The van der Waals surface area contributed by atoms with E-state index >= 15 is 0 Å². The van der Waals surface area contributed by atoms with E-state index in [9.17, 15) is 4.39 Å². The minimum absolute atomic E-state index is 0.407. The van der Waals surface area contributed by atoms with Crippen LogP contribution in [0.1, 0.15) is 6.92 Å². The van der Waals surface area contributed by atoms with Gasteiger partial charge in [0, 0.05) is 0 Å². The second-order valence-corrected chi connectivity index (χ2v) is 1.11. The van der Waals surface area contributed by atoms with Gasteiger partial charge in [0.05, 0.1) is 0 Å². The van der Waals surface area contributed by atoms with Crippen LogP contribution in [-0.4, -0.2) is 11.3 Å². The van der Waals surface area contributed by atoms with E-state index in [1.807, 2.05) is 0 Å². The number of alkyl halides is 1. The number of hydrogen-bond acceptors (Lipinski definition) is 1. The first kappa shape index (κ1) is 5.47. The second kappa shape index (κ2) is 1.80. The van der Waals surface area contributed by atoms with Gasteiger partial charge in [0.25, 0.3) is 0 Å². The van der Waals surface area contributed by atoms with Crippen LogP contribution >= 0.6 is 0 Å². The zero-order chi connectivity index (χ0) is 5.15. The van der Waals surface area contributed by atoms with Crippen LogP contribution in [0.3, 0.4) is 0 Å². The molecule has 0 aliphatic rings. The molecule has 0 aromatic heterocycles. The summed E-state index contributed by atoms with van der Waals surface area (Å²) in [5.74, 6) is -0.407. The summed E-state index contributed by atoms with van der Waals surface area (Å²) in [6, 6.07) is 0. The van der Waals surface area contributed by atoms with Crippen LogP contribution in [0.15, 0.2) is 12.3 Å². The van der Waals surface area contributed by atoms with E-state index in [0.29, 0.717) is 0 Å². The number of halogens is 1. The van der Waals surface area contributed by atoms with Gasteiger partial charge in [-0.1, -0.05) is 6.58 Å². The molecule has 0 aliphatic carbocycles. The first-order chi connectivity index (χ1) is 2.64. The Kier molecular flexibility index (Phi) is 1.64. The van der Waals surface area contributed by atoms with Crippen molar-refractivity contribution in [1.82, 2.24) is 0 Å². The van der Waals surface area contributed by atoms with Gasteiger partial charge >= 0.3 is 0 Å². The SMILES string of the molecule is C=C(O)C(C)F. The quantitative estimate of drug-likeness (QED) is 0.483. The summed E-state index contributed by atoms with van der Waals surface area (Å²) in [6.07, 6.45) is -1.29. The van der Waals surface area contributed by atoms with Crippen LogP contribution in [-0.2, 0) is 0 Å². The lowest BCUT2D eigenvalue weighted by atomic mass is 10.4. The molecule has 6 heavy (non-hydrogen) atoms. The molecule has 1 atom stereocenters. The number of allylic oxidation sites excluding steroid dienone is 1. The Labute approximate surface area is 36.1 Å². The standard InChI is InChI=1S/C4H7FO/c1-3(5)4(2)6/h3,6H,2H2,1H3. The van der Waals surface area contributed by atoms with Crippen molar-refractivity contribution >= 4 is 0 Å². The van der Waals surface area contributed by atoms with Gasteiger partial charge in [-0.15, -0.1) is 0 Å². The first-order valence-electron chi connectivity index (χ1n) is 1.66. The van der Waals surface area contributed by atoms with Gasteiger partial charge in [0.1, 0.15) is 5.76 Å². The van der Waals surface area contributed by atoms with Crippen molar-refractivity contribution in [3.8, 4) is 0 Å². The van der Waals surface area contributed by atoms with Crippen molar-refractivity contribution < 1.29 is 9.50 Å². The summed E-state index contributed by atoms with van der Waals surface area (Å²) in [5.41, 5.74) is 0. The highest BCUT2D eigenvalue weighted by Gasteiger charge is 1.96. The van der Waals surface area contributed by atoms with Crippen LogP contribution in [0.5, 0.6) is 0 Å². The zero-order valence-electron chi connectivity index (χ0n) is 3.61. The molecule has 2 heteroatoms. The molecule has 1 N–H and O–H groups in total. The van der Waals surface area contributed by atoms with Crippen molar-refractivity contribution in [2.75, 3.05) is 0 Å². The molecule has 0 bridgehead atoms. The van der Waals surface area contributed by atoms with Crippen LogP contribution < -0.4 is 0 Å².